The zero-order valence-corrected chi connectivity index (χ0v) is 27.1. The van der Waals surface area contributed by atoms with Gasteiger partial charge in [-0.05, 0) is 65.7 Å². The number of furan rings is 2. The zero-order valence-electron chi connectivity index (χ0n) is 27.1. The van der Waals surface area contributed by atoms with E-state index in [1.807, 2.05) is 60.7 Å². The van der Waals surface area contributed by atoms with Gasteiger partial charge in [-0.15, -0.1) is 0 Å². The van der Waals surface area contributed by atoms with Crippen molar-refractivity contribution in [3.05, 3.63) is 158 Å². The molecule has 0 aliphatic heterocycles. The third kappa shape index (κ3) is 4.26. The maximum atomic E-state index is 6.37. The first kappa shape index (κ1) is 27.9. The number of rotatable bonds is 4. The van der Waals surface area contributed by atoms with E-state index in [1.165, 1.54) is 0 Å². The molecule has 0 spiro atoms. The average molecular weight is 655 g/mol. The molecule has 6 nitrogen and oxygen atoms in total. The van der Waals surface area contributed by atoms with Crippen molar-refractivity contribution >= 4 is 65.7 Å². The van der Waals surface area contributed by atoms with Crippen LogP contribution in [-0.4, -0.2) is 19.5 Å². The zero-order chi connectivity index (χ0) is 33.5. The molecule has 0 fully saturated rings. The normalized spacial score (nSPS) is 11.9. The van der Waals surface area contributed by atoms with Crippen molar-refractivity contribution < 1.29 is 8.83 Å². The molecule has 0 saturated carbocycles. The summed E-state index contributed by atoms with van der Waals surface area (Å²) in [5, 5.41) is 6.53. The Morgan fingerprint density at radius 1 is 0.373 bits per heavy atom. The summed E-state index contributed by atoms with van der Waals surface area (Å²) >= 11 is 0. The summed E-state index contributed by atoms with van der Waals surface area (Å²) in [7, 11) is 0. The molecule has 51 heavy (non-hydrogen) atoms. The Hall–Kier alpha value is -7.05. The predicted octanol–water partition coefficient (Wildman–Crippen LogP) is 11.8. The Kier molecular flexibility index (Phi) is 5.86. The van der Waals surface area contributed by atoms with E-state index in [0.717, 1.165) is 87.9 Å². The van der Waals surface area contributed by atoms with Crippen LogP contribution in [0.1, 0.15) is 0 Å². The number of hydrogen-bond donors (Lipinski definition) is 0. The van der Waals surface area contributed by atoms with Crippen LogP contribution in [0.2, 0.25) is 0 Å². The molecule has 0 saturated heterocycles. The van der Waals surface area contributed by atoms with E-state index in [9.17, 15) is 0 Å². The number of fused-ring (bicyclic) bond motifs is 9. The van der Waals surface area contributed by atoms with Crippen molar-refractivity contribution in [1.82, 2.24) is 19.5 Å². The van der Waals surface area contributed by atoms with Crippen molar-refractivity contribution in [3.8, 4) is 39.9 Å². The number of para-hydroxylation sites is 3. The van der Waals surface area contributed by atoms with E-state index >= 15 is 0 Å². The van der Waals surface area contributed by atoms with Gasteiger partial charge in [0, 0.05) is 43.4 Å². The van der Waals surface area contributed by atoms with Crippen molar-refractivity contribution in [3.63, 3.8) is 0 Å². The highest BCUT2D eigenvalue weighted by molar-refractivity contribution is 6.14. The minimum absolute atomic E-state index is 0.566. The molecular formula is C45H26N4O2. The van der Waals surface area contributed by atoms with Crippen molar-refractivity contribution in [2.45, 2.75) is 0 Å². The van der Waals surface area contributed by atoms with Gasteiger partial charge < -0.3 is 8.83 Å². The first-order valence-corrected chi connectivity index (χ1v) is 16.9. The third-order valence-corrected chi connectivity index (χ3v) is 9.88. The van der Waals surface area contributed by atoms with E-state index in [2.05, 4.69) is 102 Å². The Labute approximate surface area is 290 Å². The highest BCUT2D eigenvalue weighted by Crippen LogP contribution is 2.40. The van der Waals surface area contributed by atoms with Gasteiger partial charge in [-0.1, -0.05) is 103 Å². The van der Waals surface area contributed by atoms with Gasteiger partial charge in [-0.3, -0.25) is 4.57 Å². The summed E-state index contributed by atoms with van der Waals surface area (Å²) in [4.78, 5) is 15.3. The molecule has 0 bridgehead atoms. The lowest BCUT2D eigenvalue weighted by Gasteiger charge is -2.11. The number of aromatic nitrogens is 4. The number of nitrogens with zero attached hydrogens (tertiary/aromatic N) is 4. The van der Waals surface area contributed by atoms with Gasteiger partial charge in [-0.25, -0.2) is 4.98 Å². The Morgan fingerprint density at radius 2 is 0.922 bits per heavy atom. The minimum Gasteiger partial charge on any atom is -0.456 e. The van der Waals surface area contributed by atoms with Crippen LogP contribution in [0, 0.1) is 0 Å². The minimum atomic E-state index is 0.566. The average Bonchev–Trinajstić information content (AvgIpc) is 3.87. The Balaban J connectivity index is 1.12. The second kappa shape index (κ2) is 10.7. The molecule has 11 rings (SSSR count). The van der Waals surface area contributed by atoms with Gasteiger partial charge in [0.05, 0.1) is 11.0 Å². The molecule has 238 valence electrons. The highest BCUT2D eigenvalue weighted by atomic mass is 16.3. The van der Waals surface area contributed by atoms with Gasteiger partial charge in [0.2, 0.25) is 5.95 Å². The van der Waals surface area contributed by atoms with E-state index in [0.29, 0.717) is 17.6 Å². The summed E-state index contributed by atoms with van der Waals surface area (Å²) in [6.45, 7) is 0. The molecule has 0 unspecified atom stereocenters. The maximum Gasteiger partial charge on any atom is 0.238 e. The lowest BCUT2D eigenvalue weighted by atomic mass is 9.97. The van der Waals surface area contributed by atoms with Crippen LogP contribution in [0.15, 0.2) is 167 Å². The standard InChI is InChI=1S/C45H26N4O2/c1-2-11-27(12-3-1)43-46-44(48-45(47-43)49-36-17-7-4-13-31(36)32-14-5-8-18-37(32)49)29-22-24-40-35(26-29)34-25-28(21-23-39(34)50-40)30-16-10-20-41-42(30)33-15-6-9-19-38(33)51-41/h1-26H. The molecule has 0 aliphatic carbocycles. The van der Waals surface area contributed by atoms with Gasteiger partial charge in [0.25, 0.3) is 0 Å². The Bertz CT molecular complexity index is 3100. The van der Waals surface area contributed by atoms with Crippen LogP contribution >= 0.6 is 0 Å². The number of hydrogen-bond acceptors (Lipinski definition) is 5. The molecule has 0 N–H and O–H groups in total. The van der Waals surface area contributed by atoms with Crippen LogP contribution in [0.5, 0.6) is 0 Å². The maximum absolute atomic E-state index is 6.37. The second-order valence-electron chi connectivity index (χ2n) is 12.8. The molecule has 6 heteroatoms. The quantitative estimate of drug-likeness (QED) is 0.189. The van der Waals surface area contributed by atoms with Crippen molar-refractivity contribution in [2.75, 3.05) is 0 Å². The second-order valence-corrected chi connectivity index (χ2v) is 12.8. The van der Waals surface area contributed by atoms with Gasteiger partial charge in [0.1, 0.15) is 22.3 Å². The predicted molar refractivity (Wildman–Crippen MR) is 205 cm³/mol. The monoisotopic (exact) mass is 654 g/mol. The fourth-order valence-electron chi connectivity index (χ4n) is 7.55. The summed E-state index contributed by atoms with van der Waals surface area (Å²) < 4.78 is 14.7. The van der Waals surface area contributed by atoms with E-state index < -0.39 is 0 Å². The molecule has 7 aromatic carbocycles. The number of benzene rings is 7. The lowest BCUT2D eigenvalue weighted by molar-refractivity contribution is 0.669. The smallest absolute Gasteiger partial charge is 0.238 e. The van der Waals surface area contributed by atoms with Gasteiger partial charge in [-0.2, -0.15) is 9.97 Å². The molecule has 11 aromatic rings. The SMILES string of the molecule is c1ccc(-c2nc(-c3ccc4oc5ccc(-c6cccc7oc8ccccc8c67)cc5c4c3)nc(-n3c4ccccc4c4ccccc43)n2)cc1. The summed E-state index contributed by atoms with van der Waals surface area (Å²) in [5.41, 5.74) is 9.46. The summed E-state index contributed by atoms with van der Waals surface area (Å²) in [6.07, 6.45) is 0. The fraction of sp³-hybridized carbons (Fsp3) is 0. The van der Waals surface area contributed by atoms with Crippen LogP contribution in [0.4, 0.5) is 0 Å². The molecule has 0 radical (unpaired) electrons. The van der Waals surface area contributed by atoms with Crippen LogP contribution in [0.3, 0.4) is 0 Å². The summed E-state index contributed by atoms with van der Waals surface area (Å²) in [5.74, 6) is 1.76. The van der Waals surface area contributed by atoms with Gasteiger partial charge >= 0.3 is 0 Å². The van der Waals surface area contributed by atoms with Gasteiger partial charge in [0.15, 0.2) is 11.6 Å². The Morgan fingerprint density at radius 3 is 1.67 bits per heavy atom. The largest absolute Gasteiger partial charge is 0.456 e. The van der Waals surface area contributed by atoms with Crippen molar-refractivity contribution in [2.24, 2.45) is 0 Å². The highest BCUT2D eigenvalue weighted by Gasteiger charge is 2.19. The van der Waals surface area contributed by atoms with E-state index in [1.54, 1.807) is 0 Å². The van der Waals surface area contributed by atoms with Crippen molar-refractivity contribution in [1.29, 1.82) is 0 Å². The molecule has 4 heterocycles. The summed E-state index contributed by atoms with van der Waals surface area (Å²) in [6, 6.07) is 53.9. The van der Waals surface area contributed by atoms with Crippen LogP contribution in [0.25, 0.3) is 106 Å². The van der Waals surface area contributed by atoms with E-state index in [4.69, 9.17) is 23.8 Å². The third-order valence-electron chi connectivity index (χ3n) is 9.88. The molecule has 0 atom stereocenters. The first-order chi connectivity index (χ1) is 25.3. The molecule has 0 aliphatic rings. The topological polar surface area (TPSA) is 69.9 Å². The first-order valence-electron chi connectivity index (χ1n) is 16.9. The lowest BCUT2D eigenvalue weighted by Crippen LogP contribution is -2.06. The van der Waals surface area contributed by atoms with Crippen LogP contribution in [-0.2, 0) is 0 Å². The molecule has 4 aromatic heterocycles. The fourth-order valence-corrected chi connectivity index (χ4v) is 7.55. The molecular weight excluding hydrogens is 629 g/mol. The van der Waals surface area contributed by atoms with Crippen LogP contribution < -0.4 is 0 Å². The molecule has 0 amide bonds. The van der Waals surface area contributed by atoms with E-state index in [-0.39, 0.29) is 0 Å².